The molecular weight excluding hydrogens is 521 g/mol. The summed E-state index contributed by atoms with van der Waals surface area (Å²) in [4.78, 5) is 28.3. The number of sulfonamides is 1. The Morgan fingerprint density at radius 2 is 1.67 bits per heavy atom. The predicted molar refractivity (Wildman–Crippen MR) is 147 cm³/mol. The average molecular weight is 557 g/mol. The van der Waals surface area contributed by atoms with Crippen LogP contribution in [-0.2, 0) is 26.2 Å². The molecule has 0 heterocycles. The van der Waals surface area contributed by atoms with Crippen LogP contribution in [0.2, 0.25) is 10.0 Å². The molecule has 0 spiro atoms. The molecule has 7 nitrogen and oxygen atoms in total. The highest BCUT2D eigenvalue weighted by Crippen LogP contribution is 2.26. The molecule has 0 saturated carbocycles. The molecule has 10 heteroatoms. The third kappa shape index (κ3) is 7.85. The van der Waals surface area contributed by atoms with Gasteiger partial charge in [-0.25, -0.2) is 8.42 Å². The van der Waals surface area contributed by atoms with Gasteiger partial charge in [0.05, 0.1) is 22.0 Å². The highest BCUT2D eigenvalue weighted by atomic mass is 35.5. The van der Waals surface area contributed by atoms with Crippen LogP contribution in [0.15, 0.2) is 36.4 Å². The van der Waals surface area contributed by atoms with Crippen molar-refractivity contribution in [2.24, 2.45) is 0 Å². The molecule has 0 fully saturated rings. The molecule has 0 aliphatic carbocycles. The number of rotatable bonds is 11. The van der Waals surface area contributed by atoms with Gasteiger partial charge in [-0.1, -0.05) is 60.8 Å². The minimum absolute atomic E-state index is 0.0621. The van der Waals surface area contributed by atoms with Crippen molar-refractivity contribution in [3.8, 4) is 0 Å². The summed E-state index contributed by atoms with van der Waals surface area (Å²) in [6, 6.07) is 9.47. The second-order valence-corrected chi connectivity index (χ2v) is 11.8. The number of carbonyl (C=O) groups is 2. The number of nitrogens with one attached hydrogen (secondary N) is 1. The summed E-state index contributed by atoms with van der Waals surface area (Å²) < 4.78 is 26.6. The Hall–Kier alpha value is -2.29. The fourth-order valence-corrected chi connectivity index (χ4v) is 5.10. The van der Waals surface area contributed by atoms with E-state index in [1.54, 1.807) is 37.3 Å². The lowest BCUT2D eigenvalue weighted by Gasteiger charge is -2.33. The van der Waals surface area contributed by atoms with Crippen molar-refractivity contribution in [2.45, 2.75) is 66.1 Å². The maximum absolute atomic E-state index is 13.7. The molecule has 2 amide bonds. The van der Waals surface area contributed by atoms with Crippen molar-refractivity contribution in [1.29, 1.82) is 0 Å². The van der Waals surface area contributed by atoms with Crippen LogP contribution in [0, 0.1) is 13.8 Å². The van der Waals surface area contributed by atoms with E-state index in [4.69, 9.17) is 23.2 Å². The number of halogens is 2. The normalized spacial score (nSPS) is 13.1. The molecule has 2 rings (SSSR count). The number of carbonyl (C=O) groups excluding carboxylic acids is 2. The zero-order valence-electron chi connectivity index (χ0n) is 21.6. The van der Waals surface area contributed by atoms with Gasteiger partial charge in [-0.05, 0) is 62.9 Å². The van der Waals surface area contributed by atoms with Crippen LogP contribution in [0.25, 0.3) is 0 Å². The van der Waals surface area contributed by atoms with Crippen LogP contribution in [0.5, 0.6) is 0 Å². The Morgan fingerprint density at radius 3 is 2.19 bits per heavy atom. The lowest BCUT2D eigenvalue weighted by atomic mass is 10.1. The molecule has 2 aromatic carbocycles. The number of benzene rings is 2. The van der Waals surface area contributed by atoms with Gasteiger partial charge in [0.25, 0.3) is 0 Å². The molecule has 2 aromatic rings. The quantitative estimate of drug-likeness (QED) is 0.418. The highest BCUT2D eigenvalue weighted by molar-refractivity contribution is 7.92. The molecule has 0 saturated heterocycles. The van der Waals surface area contributed by atoms with Gasteiger partial charge in [0.15, 0.2) is 0 Å². The zero-order chi connectivity index (χ0) is 27.2. The van der Waals surface area contributed by atoms with Gasteiger partial charge >= 0.3 is 0 Å². The van der Waals surface area contributed by atoms with Crippen molar-refractivity contribution in [3.05, 3.63) is 63.1 Å². The lowest BCUT2D eigenvalue weighted by Crippen LogP contribution is -2.53. The summed E-state index contributed by atoms with van der Waals surface area (Å²) in [5, 5.41) is 3.64. The van der Waals surface area contributed by atoms with Crippen molar-refractivity contribution >= 4 is 50.7 Å². The first-order valence-corrected chi connectivity index (χ1v) is 14.5. The third-order valence-corrected chi connectivity index (χ3v) is 7.89. The Kier molecular flexibility index (Phi) is 10.6. The Labute approximate surface area is 224 Å². The van der Waals surface area contributed by atoms with E-state index < -0.39 is 28.5 Å². The lowest BCUT2D eigenvalue weighted by molar-refractivity contribution is -0.140. The second kappa shape index (κ2) is 12.8. The summed E-state index contributed by atoms with van der Waals surface area (Å²) >= 11 is 12.2. The predicted octanol–water partition coefficient (Wildman–Crippen LogP) is 5.10. The first-order chi connectivity index (χ1) is 16.8. The number of amides is 2. The molecule has 198 valence electrons. The fraction of sp³-hybridized carbons (Fsp3) is 0.462. The van der Waals surface area contributed by atoms with Crippen LogP contribution in [0.1, 0.15) is 50.3 Å². The molecule has 0 radical (unpaired) electrons. The van der Waals surface area contributed by atoms with Gasteiger partial charge in [0.2, 0.25) is 21.8 Å². The summed E-state index contributed by atoms with van der Waals surface area (Å²) in [7, 11) is -3.80. The summed E-state index contributed by atoms with van der Waals surface area (Å²) in [6.07, 6.45) is 2.14. The Morgan fingerprint density at radius 1 is 1.00 bits per heavy atom. The number of anilines is 1. The van der Waals surface area contributed by atoms with Gasteiger partial charge < -0.3 is 10.2 Å². The summed E-state index contributed by atoms with van der Waals surface area (Å²) in [6.45, 7) is 8.98. The summed E-state index contributed by atoms with van der Waals surface area (Å²) in [5.74, 6) is -0.796. The standard InChI is InChI=1S/C26H35Cl2N3O4S/c1-7-19(5)29-26(33)23(8-2)30(15-20-10-11-21(27)22(28)14-20)25(32)16-31(36(6,34)35)24-12-9-17(3)13-18(24)4/h9-14,19,23H,7-8,15-16H2,1-6H3,(H,29,33)/t19-,23+/m0/s1. The van der Waals surface area contributed by atoms with Crippen LogP contribution in [0.3, 0.4) is 0 Å². The van der Waals surface area contributed by atoms with Crippen molar-refractivity contribution in [3.63, 3.8) is 0 Å². The smallest absolute Gasteiger partial charge is 0.244 e. The largest absolute Gasteiger partial charge is 0.352 e. The monoisotopic (exact) mass is 555 g/mol. The van der Waals surface area contributed by atoms with Crippen LogP contribution in [-0.4, -0.2) is 50.0 Å². The van der Waals surface area contributed by atoms with E-state index >= 15 is 0 Å². The zero-order valence-corrected chi connectivity index (χ0v) is 24.0. The molecule has 0 unspecified atom stereocenters. The number of nitrogens with zero attached hydrogens (tertiary/aromatic N) is 2. The SMILES string of the molecule is CC[C@H](C(=O)N[C@@H](C)CC)N(Cc1ccc(Cl)c(Cl)c1)C(=O)CN(c1ccc(C)cc1C)S(C)(=O)=O. The van der Waals surface area contributed by atoms with Crippen LogP contribution in [0.4, 0.5) is 5.69 Å². The van der Waals surface area contributed by atoms with Crippen molar-refractivity contribution in [1.82, 2.24) is 10.2 Å². The molecule has 0 bridgehead atoms. The number of aryl methyl sites for hydroxylation is 2. The average Bonchev–Trinajstić information content (AvgIpc) is 2.79. The first kappa shape index (κ1) is 29.9. The first-order valence-electron chi connectivity index (χ1n) is 11.9. The van der Waals surface area contributed by atoms with Gasteiger partial charge in [-0.2, -0.15) is 0 Å². The van der Waals surface area contributed by atoms with E-state index in [0.717, 1.165) is 28.1 Å². The maximum Gasteiger partial charge on any atom is 0.244 e. The van der Waals surface area contributed by atoms with E-state index in [1.165, 1.54) is 4.90 Å². The molecule has 0 aliphatic heterocycles. The van der Waals surface area contributed by atoms with Crippen molar-refractivity contribution in [2.75, 3.05) is 17.1 Å². The number of hydrogen-bond acceptors (Lipinski definition) is 4. The maximum atomic E-state index is 13.7. The van der Waals surface area contributed by atoms with Crippen molar-refractivity contribution < 1.29 is 18.0 Å². The minimum atomic E-state index is -3.80. The molecule has 36 heavy (non-hydrogen) atoms. The summed E-state index contributed by atoms with van der Waals surface area (Å²) in [5.41, 5.74) is 2.80. The van der Waals surface area contributed by atoms with Crippen LogP contribution >= 0.6 is 23.2 Å². The minimum Gasteiger partial charge on any atom is -0.352 e. The molecule has 0 aromatic heterocycles. The van der Waals surface area contributed by atoms with E-state index in [2.05, 4.69) is 5.32 Å². The molecule has 0 aliphatic rings. The fourth-order valence-electron chi connectivity index (χ4n) is 3.88. The Bertz CT molecular complexity index is 1200. The molecule has 1 N–H and O–H groups in total. The second-order valence-electron chi connectivity index (χ2n) is 9.07. The molecule has 2 atom stereocenters. The Balaban J connectivity index is 2.50. The number of hydrogen-bond donors (Lipinski definition) is 1. The van der Waals surface area contributed by atoms with E-state index in [0.29, 0.717) is 27.7 Å². The third-order valence-electron chi connectivity index (χ3n) is 6.02. The van der Waals surface area contributed by atoms with Gasteiger partial charge in [-0.15, -0.1) is 0 Å². The van der Waals surface area contributed by atoms with Gasteiger partial charge in [0, 0.05) is 12.6 Å². The topological polar surface area (TPSA) is 86.8 Å². The van der Waals surface area contributed by atoms with Gasteiger partial charge in [0.1, 0.15) is 12.6 Å². The van der Waals surface area contributed by atoms with Crippen LogP contribution < -0.4 is 9.62 Å². The molecular formula is C26H35Cl2N3O4S. The van der Waals surface area contributed by atoms with E-state index in [1.807, 2.05) is 33.8 Å². The van der Waals surface area contributed by atoms with E-state index in [9.17, 15) is 18.0 Å². The van der Waals surface area contributed by atoms with Gasteiger partial charge in [-0.3, -0.25) is 13.9 Å². The van der Waals surface area contributed by atoms with E-state index in [-0.39, 0.29) is 18.5 Å². The highest BCUT2D eigenvalue weighted by Gasteiger charge is 2.32.